The average Bonchev–Trinajstić information content (AvgIpc) is 2.69. The van der Waals surface area contributed by atoms with Crippen molar-refractivity contribution in [1.82, 2.24) is 4.57 Å². The fourth-order valence-electron chi connectivity index (χ4n) is 1.39. The highest BCUT2D eigenvalue weighted by Gasteiger charge is 2.15. The molecule has 1 heterocycles. The fraction of sp³-hybridized carbons (Fsp3) is 0. The summed E-state index contributed by atoms with van der Waals surface area (Å²) >= 11 is 5.91. The van der Waals surface area contributed by atoms with Crippen LogP contribution in [-0.4, -0.2) is 21.7 Å². The molecule has 0 saturated carbocycles. The molecule has 0 bridgehead atoms. The van der Waals surface area contributed by atoms with Crippen molar-refractivity contribution in [3.63, 3.8) is 0 Å². The van der Waals surface area contributed by atoms with Gasteiger partial charge in [0.05, 0.1) is 0 Å². The van der Waals surface area contributed by atoms with Gasteiger partial charge in [0.2, 0.25) is 0 Å². The molecule has 1 aromatic heterocycles. The SMILES string of the molecule is OB(O)c1ccc(-n2cccc2)cc1Cl. The third kappa shape index (κ3) is 2.07. The van der Waals surface area contributed by atoms with Gasteiger partial charge in [-0.15, -0.1) is 0 Å². The lowest BCUT2D eigenvalue weighted by molar-refractivity contribution is 0.426. The topological polar surface area (TPSA) is 45.4 Å². The maximum absolute atomic E-state index is 8.99. The molecule has 2 rings (SSSR count). The number of rotatable bonds is 2. The summed E-state index contributed by atoms with van der Waals surface area (Å²) in [5.41, 5.74) is 1.20. The summed E-state index contributed by atoms with van der Waals surface area (Å²) in [6.45, 7) is 0. The Balaban J connectivity index is 2.42. The second kappa shape index (κ2) is 4.10. The van der Waals surface area contributed by atoms with Crippen molar-refractivity contribution in [2.75, 3.05) is 0 Å². The van der Waals surface area contributed by atoms with Gasteiger partial charge < -0.3 is 14.6 Å². The lowest BCUT2D eigenvalue weighted by Gasteiger charge is -2.07. The number of nitrogens with zero attached hydrogens (tertiary/aromatic N) is 1. The first-order valence-corrected chi connectivity index (χ1v) is 4.85. The number of hydrogen-bond acceptors (Lipinski definition) is 2. The first-order chi connectivity index (χ1) is 7.18. The molecule has 0 spiro atoms. The van der Waals surface area contributed by atoms with Crippen LogP contribution < -0.4 is 5.46 Å². The first-order valence-electron chi connectivity index (χ1n) is 4.47. The fourth-order valence-corrected chi connectivity index (χ4v) is 1.67. The minimum atomic E-state index is -1.53. The summed E-state index contributed by atoms with van der Waals surface area (Å²) in [6.07, 6.45) is 3.78. The van der Waals surface area contributed by atoms with E-state index in [9.17, 15) is 0 Å². The third-order valence-corrected chi connectivity index (χ3v) is 2.49. The number of aromatic nitrogens is 1. The standard InChI is InChI=1S/C10H9BClNO2/c12-10-7-8(13-5-1-2-6-13)3-4-9(10)11(14)15/h1-7,14-15H. The van der Waals surface area contributed by atoms with E-state index in [0.717, 1.165) is 5.69 Å². The van der Waals surface area contributed by atoms with E-state index in [-0.39, 0.29) is 0 Å². The van der Waals surface area contributed by atoms with Crippen LogP contribution in [0.1, 0.15) is 0 Å². The van der Waals surface area contributed by atoms with E-state index >= 15 is 0 Å². The minimum Gasteiger partial charge on any atom is -0.423 e. The smallest absolute Gasteiger partial charge is 0.423 e. The van der Waals surface area contributed by atoms with Crippen LogP contribution >= 0.6 is 11.6 Å². The molecule has 15 heavy (non-hydrogen) atoms. The van der Waals surface area contributed by atoms with E-state index < -0.39 is 7.12 Å². The van der Waals surface area contributed by atoms with Gasteiger partial charge in [0.25, 0.3) is 0 Å². The predicted molar refractivity (Wildman–Crippen MR) is 60.6 cm³/mol. The molecule has 5 heteroatoms. The van der Waals surface area contributed by atoms with Crippen LogP contribution in [0.3, 0.4) is 0 Å². The van der Waals surface area contributed by atoms with E-state index in [0.29, 0.717) is 10.5 Å². The van der Waals surface area contributed by atoms with Crippen molar-refractivity contribution in [2.45, 2.75) is 0 Å². The zero-order valence-corrected chi connectivity index (χ0v) is 8.59. The quantitative estimate of drug-likeness (QED) is 0.737. The van der Waals surface area contributed by atoms with E-state index in [2.05, 4.69) is 0 Å². The normalized spacial score (nSPS) is 10.3. The molecule has 2 N–H and O–H groups in total. The number of hydrogen-bond donors (Lipinski definition) is 2. The largest absolute Gasteiger partial charge is 0.489 e. The van der Waals surface area contributed by atoms with Crippen LogP contribution in [-0.2, 0) is 0 Å². The highest BCUT2D eigenvalue weighted by atomic mass is 35.5. The molecule has 0 aliphatic rings. The Kier molecular flexibility index (Phi) is 2.82. The minimum absolute atomic E-state index is 0.313. The molecule has 0 unspecified atom stereocenters. The van der Waals surface area contributed by atoms with Crippen LogP contribution in [0.4, 0.5) is 0 Å². The van der Waals surface area contributed by atoms with Gasteiger partial charge in [0.1, 0.15) is 0 Å². The van der Waals surface area contributed by atoms with Crippen LogP contribution in [0, 0.1) is 0 Å². The average molecular weight is 221 g/mol. The Labute approximate surface area is 92.7 Å². The van der Waals surface area contributed by atoms with Crippen molar-refractivity contribution in [3.05, 3.63) is 47.7 Å². The van der Waals surface area contributed by atoms with E-state index in [1.165, 1.54) is 0 Å². The highest BCUT2D eigenvalue weighted by molar-refractivity contribution is 6.62. The van der Waals surface area contributed by atoms with E-state index in [4.69, 9.17) is 21.6 Å². The van der Waals surface area contributed by atoms with Crippen molar-refractivity contribution < 1.29 is 10.0 Å². The number of benzene rings is 1. The first kappa shape index (κ1) is 10.3. The van der Waals surface area contributed by atoms with Gasteiger partial charge in [-0.25, -0.2) is 0 Å². The molecular formula is C10H9BClNO2. The predicted octanol–water partition coefficient (Wildman–Crippen LogP) is 0.810. The van der Waals surface area contributed by atoms with Gasteiger partial charge >= 0.3 is 7.12 Å². The molecule has 0 aliphatic carbocycles. The Morgan fingerprint density at radius 1 is 1.13 bits per heavy atom. The molecule has 2 aromatic rings. The lowest BCUT2D eigenvalue weighted by Crippen LogP contribution is -2.30. The molecule has 0 amide bonds. The molecule has 0 aliphatic heterocycles. The third-order valence-electron chi connectivity index (χ3n) is 2.16. The van der Waals surface area contributed by atoms with Gasteiger partial charge in [-0.2, -0.15) is 0 Å². The molecular weight excluding hydrogens is 212 g/mol. The molecule has 76 valence electrons. The second-order valence-electron chi connectivity index (χ2n) is 3.17. The maximum Gasteiger partial charge on any atom is 0.489 e. The summed E-state index contributed by atoms with van der Waals surface area (Å²) in [6, 6.07) is 8.88. The van der Waals surface area contributed by atoms with Gasteiger partial charge in [-0.3, -0.25) is 0 Å². The van der Waals surface area contributed by atoms with E-state index in [1.54, 1.807) is 18.2 Å². The van der Waals surface area contributed by atoms with Gasteiger partial charge in [-0.1, -0.05) is 17.7 Å². The Hall–Kier alpha value is -1.23. The Morgan fingerprint density at radius 3 is 2.33 bits per heavy atom. The number of halogens is 1. The monoisotopic (exact) mass is 221 g/mol. The van der Waals surface area contributed by atoms with E-state index in [1.807, 2.05) is 29.1 Å². The molecule has 0 saturated heterocycles. The van der Waals surface area contributed by atoms with Crippen LogP contribution in [0.15, 0.2) is 42.7 Å². The van der Waals surface area contributed by atoms with Crippen molar-refractivity contribution in [1.29, 1.82) is 0 Å². The summed E-state index contributed by atoms with van der Waals surface area (Å²) < 4.78 is 1.89. The zero-order chi connectivity index (χ0) is 10.8. The second-order valence-corrected chi connectivity index (χ2v) is 3.58. The summed E-state index contributed by atoms with van der Waals surface area (Å²) in [4.78, 5) is 0. The van der Waals surface area contributed by atoms with Gasteiger partial charge in [0, 0.05) is 28.6 Å². The van der Waals surface area contributed by atoms with Crippen molar-refractivity contribution in [2.24, 2.45) is 0 Å². The molecule has 0 radical (unpaired) electrons. The van der Waals surface area contributed by atoms with Crippen molar-refractivity contribution >= 4 is 24.2 Å². The highest BCUT2D eigenvalue weighted by Crippen LogP contribution is 2.13. The lowest BCUT2D eigenvalue weighted by atomic mass is 9.80. The molecule has 0 fully saturated rings. The van der Waals surface area contributed by atoms with Crippen LogP contribution in [0.2, 0.25) is 5.02 Å². The summed E-state index contributed by atoms with van der Waals surface area (Å²) in [7, 11) is -1.53. The molecule has 3 nitrogen and oxygen atoms in total. The summed E-state index contributed by atoms with van der Waals surface area (Å²) in [5, 5.41) is 18.3. The summed E-state index contributed by atoms with van der Waals surface area (Å²) in [5.74, 6) is 0. The molecule has 0 atom stereocenters. The Bertz CT molecular complexity index is 456. The van der Waals surface area contributed by atoms with Gasteiger partial charge in [-0.05, 0) is 24.3 Å². The maximum atomic E-state index is 8.99. The molecule has 1 aromatic carbocycles. The zero-order valence-electron chi connectivity index (χ0n) is 7.84. The van der Waals surface area contributed by atoms with Crippen LogP contribution in [0.25, 0.3) is 5.69 Å². The van der Waals surface area contributed by atoms with Crippen LogP contribution in [0.5, 0.6) is 0 Å². The van der Waals surface area contributed by atoms with Crippen molar-refractivity contribution in [3.8, 4) is 5.69 Å². The van der Waals surface area contributed by atoms with Gasteiger partial charge in [0.15, 0.2) is 0 Å². The Morgan fingerprint density at radius 2 is 1.80 bits per heavy atom.